The largest absolute Gasteiger partial charge is 0.507 e. The topological polar surface area (TPSA) is 82.6 Å². The van der Waals surface area contributed by atoms with Crippen molar-refractivity contribution >= 4 is 28.4 Å². The third kappa shape index (κ3) is 4.32. The van der Waals surface area contributed by atoms with Crippen molar-refractivity contribution in [2.24, 2.45) is 0 Å². The zero-order valence-corrected chi connectivity index (χ0v) is 20.1. The number of para-hydroxylation sites is 1. The van der Waals surface area contributed by atoms with E-state index < -0.39 is 17.7 Å². The van der Waals surface area contributed by atoms with Crippen LogP contribution < -0.4 is 4.74 Å². The average Bonchev–Trinajstić information content (AvgIpc) is 3.30. The Bertz CT molecular complexity index is 1220. The Kier molecular flexibility index (Phi) is 7.06. The number of carbonyl (C=O) groups is 2. The number of benzene rings is 2. The van der Waals surface area contributed by atoms with E-state index in [2.05, 4.69) is 11.9 Å². The van der Waals surface area contributed by atoms with Crippen LogP contribution in [-0.4, -0.2) is 39.8 Å². The van der Waals surface area contributed by atoms with Crippen molar-refractivity contribution < 1.29 is 19.4 Å². The second kappa shape index (κ2) is 10.2. The van der Waals surface area contributed by atoms with Crippen molar-refractivity contribution in [1.29, 1.82) is 0 Å². The van der Waals surface area contributed by atoms with Crippen molar-refractivity contribution in [2.75, 3.05) is 13.2 Å². The van der Waals surface area contributed by atoms with Gasteiger partial charge in [-0.3, -0.25) is 9.59 Å². The average molecular weight is 461 g/mol. The highest BCUT2D eigenvalue weighted by Gasteiger charge is 2.47. The minimum absolute atomic E-state index is 0.128. The zero-order valence-electron chi connectivity index (χ0n) is 20.1. The van der Waals surface area contributed by atoms with E-state index in [1.165, 1.54) is 0 Å². The number of aryl methyl sites for hydroxylation is 1. The van der Waals surface area contributed by atoms with Crippen LogP contribution in [0.25, 0.3) is 16.7 Å². The van der Waals surface area contributed by atoms with Gasteiger partial charge in [-0.15, -0.1) is 0 Å². The van der Waals surface area contributed by atoms with E-state index in [0.29, 0.717) is 30.9 Å². The van der Waals surface area contributed by atoms with Gasteiger partial charge in [0.05, 0.1) is 18.2 Å². The Balaban J connectivity index is 1.77. The Hall–Kier alpha value is -3.54. The van der Waals surface area contributed by atoms with Gasteiger partial charge in [-0.05, 0) is 50.1 Å². The maximum Gasteiger partial charge on any atom is 0.295 e. The molecule has 1 atom stereocenters. The fourth-order valence-corrected chi connectivity index (χ4v) is 4.71. The number of aliphatic hydroxyl groups excluding tert-OH is 1. The molecule has 0 spiro atoms. The van der Waals surface area contributed by atoms with E-state index >= 15 is 0 Å². The Labute approximate surface area is 200 Å². The zero-order chi connectivity index (χ0) is 24.2. The second-order valence-electron chi connectivity index (χ2n) is 8.78. The molecule has 3 aromatic rings. The molecule has 1 fully saturated rings. The summed E-state index contributed by atoms with van der Waals surface area (Å²) >= 11 is 0. The summed E-state index contributed by atoms with van der Waals surface area (Å²) in [6.45, 7) is 7.12. The van der Waals surface area contributed by atoms with Crippen molar-refractivity contribution in [3.8, 4) is 5.75 Å². The number of amides is 1. The number of rotatable bonds is 9. The van der Waals surface area contributed by atoms with Crippen LogP contribution in [0.5, 0.6) is 5.75 Å². The highest BCUT2D eigenvalue weighted by Crippen LogP contribution is 2.43. The highest BCUT2D eigenvalue weighted by molar-refractivity contribution is 6.46. The molecule has 0 radical (unpaired) electrons. The lowest BCUT2D eigenvalue weighted by atomic mass is 9.93. The number of carbonyl (C=O) groups excluding carboxylic acids is 2. The maximum absolute atomic E-state index is 13.2. The van der Waals surface area contributed by atoms with E-state index in [9.17, 15) is 14.7 Å². The summed E-state index contributed by atoms with van der Waals surface area (Å²) < 4.78 is 5.77. The minimum atomic E-state index is -0.652. The van der Waals surface area contributed by atoms with E-state index in [1.807, 2.05) is 38.1 Å². The predicted octanol–water partition coefficient (Wildman–Crippen LogP) is 5.88. The first-order valence-electron chi connectivity index (χ1n) is 12.1. The summed E-state index contributed by atoms with van der Waals surface area (Å²) in [5, 5.41) is 12.2. The first-order valence-corrected chi connectivity index (χ1v) is 12.1. The number of aromatic nitrogens is 1. The molecule has 2 N–H and O–H groups in total. The quantitative estimate of drug-likeness (QED) is 0.181. The molecule has 0 aliphatic carbocycles. The van der Waals surface area contributed by atoms with Crippen LogP contribution in [0, 0.1) is 6.92 Å². The normalized spacial score (nSPS) is 17.6. The fourth-order valence-electron chi connectivity index (χ4n) is 4.71. The number of hydrogen-bond donors (Lipinski definition) is 2. The van der Waals surface area contributed by atoms with Gasteiger partial charge in [0.25, 0.3) is 11.7 Å². The van der Waals surface area contributed by atoms with Gasteiger partial charge in [0.1, 0.15) is 11.5 Å². The summed E-state index contributed by atoms with van der Waals surface area (Å²) in [4.78, 5) is 31.2. The lowest BCUT2D eigenvalue weighted by Crippen LogP contribution is -2.30. The number of nitrogens with one attached hydrogen (secondary N) is 1. The molecule has 1 aliphatic rings. The molecule has 2 heterocycles. The van der Waals surface area contributed by atoms with Gasteiger partial charge in [0, 0.05) is 34.3 Å². The van der Waals surface area contributed by atoms with Gasteiger partial charge in [0.2, 0.25) is 0 Å². The molecule has 2 aromatic carbocycles. The molecule has 6 heteroatoms. The van der Waals surface area contributed by atoms with E-state index in [0.717, 1.165) is 41.4 Å². The maximum atomic E-state index is 13.2. The fraction of sp³-hybridized carbons (Fsp3) is 0.357. The molecular weight excluding hydrogens is 428 g/mol. The molecule has 1 aromatic heterocycles. The van der Waals surface area contributed by atoms with Crippen LogP contribution in [0.3, 0.4) is 0 Å². The SMILES string of the molecule is CCCCCOc1ccc(/C(O)=C2\C(=O)C(=O)N(CCC)C2c2c(C)[nH]c3ccccc23)cc1. The predicted molar refractivity (Wildman–Crippen MR) is 134 cm³/mol. The Morgan fingerprint density at radius 2 is 1.76 bits per heavy atom. The number of nitrogens with zero attached hydrogens (tertiary/aromatic N) is 1. The first-order chi connectivity index (χ1) is 16.5. The lowest BCUT2D eigenvalue weighted by molar-refractivity contribution is -0.139. The number of Topliss-reactive ketones (excluding diaryl/α,β-unsaturated/α-hetero) is 1. The molecule has 4 rings (SSSR count). The van der Waals surface area contributed by atoms with E-state index in [4.69, 9.17) is 4.74 Å². The van der Waals surface area contributed by atoms with Crippen LogP contribution in [0.4, 0.5) is 0 Å². The molecular formula is C28H32N2O4. The van der Waals surface area contributed by atoms with Gasteiger partial charge >= 0.3 is 0 Å². The minimum Gasteiger partial charge on any atom is -0.507 e. The monoisotopic (exact) mass is 460 g/mol. The Morgan fingerprint density at radius 3 is 2.47 bits per heavy atom. The number of aliphatic hydroxyl groups is 1. The molecule has 1 unspecified atom stereocenters. The molecule has 178 valence electrons. The van der Waals surface area contributed by atoms with E-state index in [-0.39, 0.29) is 11.3 Å². The van der Waals surface area contributed by atoms with Gasteiger partial charge in [-0.2, -0.15) is 0 Å². The number of H-pyrrole nitrogens is 1. The number of ketones is 1. The molecule has 1 amide bonds. The summed E-state index contributed by atoms with van der Waals surface area (Å²) in [6, 6.07) is 14.2. The van der Waals surface area contributed by atoms with Crippen LogP contribution in [-0.2, 0) is 9.59 Å². The van der Waals surface area contributed by atoms with Gasteiger partial charge < -0.3 is 19.7 Å². The third-order valence-electron chi connectivity index (χ3n) is 6.37. The number of unbranched alkanes of at least 4 members (excludes halogenated alkanes) is 2. The molecule has 1 aliphatic heterocycles. The van der Waals surface area contributed by atoms with E-state index in [1.54, 1.807) is 29.2 Å². The van der Waals surface area contributed by atoms with Crippen molar-refractivity contribution in [2.45, 2.75) is 52.5 Å². The van der Waals surface area contributed by atoms with Crippen LogP contribution >= 0.6 is 0 Å². The summed E-state index contributed by atoms with van der Waals surface area (Å²) in [6.07, 6.45) is 3.94. The van der Waals surface area contributed by atoms with Gasteiger partial charge in [-0.1, -0.05) is 44.9 Å². The van der Waals surface area contributed by atoms with Gasteiger partial charge in [0.15, 0.2) is 0 Å². The Morgan fingerprint density at radius 1 is 1.03 bits per heavy atom. The number of ether oxygens (including phenoxy) is 1. The first kappa shape index (κ1) is 23.6. The second-order valence-corrected chi connectivity index (χ2v) is 8.78. The van der Waals surface area contributed by atoms with Crippen molar-refractivity contribution in [3.05, 3.63) is 70.9 Å². The molecule has 6 nitrogen and oxygen atoms in total. The van der Waals surface area contributed by atoms with Crippen LogP contribution in [0.2, 0.25) is 0 Å². The number of likely N-dealkylation sites (tertiary alicyclic amines) is 1. The molecule has 0 bridgehead atoms. The number of aromatic amines is 1. The van der Waals surface area contributed by atoms with Crippen molar-refractivity contribution in [3.63, 3.8) is 0 Å². The van der Waals surface area contributed by atoms with Crippen LogP contribution in [0.1, 0.15) is 62.4 Å². The van der Waals surface area contributed by atoms with Crippen LogP contribution in [0.15, 0.2) is 54.1 Å². The lowest BCUT2D eigenvalue weighted by Gasteiger charge is -2.25. The standard InChI is InChI=1S/C28H32N2O4/c1-4-6-9-17-34-20-14-12-19(13-15-20)26(31)24-25(30(16-5-2)28(33)27(24)32)23-18(3)29-22-11-8-7-10-21(22)23/h7-8,10-15,25,29,31H,4-6,9,16-17H2,1-3H3/b26-24+. The molecule has 34 heavy (non-hydrogen) atoms. The molecule has 0 saturated carbocycles. The summed E-state index contributed by atoms with van der Waals surface area (Å²) in [5.41, 5.74) is 3.26. The number of hydrogen-bond acceptors (Lipinski definition) is 4. The smallest absolute Gasteiger partial charge is 0.295 e. The summed E-state index contributed by atoms with van der Waals surface area (Å²) in [5.74, 6) is -0.679. The third-order valence-corrected chi connectivity index (χ3v) is 6.37. The summed E-state index contributed by atoms with van der Waals surface area (Å²) in [7, 11) is 0. The van der Waals surface area contributed by atoms with Gasteiger partial charge in [-0.25, -0.2) is 0 Å². The molecule has 1 saturated heterocycles. The van der Waals surface area contributed by atoms with Crippen molar-refractivity contribution in [1.82, 2.24) is 9.88 Å². The highest BCUT2D eigenvalue weighted by atomic mass is 16.5. The number of fused-ring (bicyclic) bond motifs is 1.